The Morgan fingerprint density at radius 1 is 0.727 bits per heavy atom. The molecule has 0 spiro atoms. The average Bonchev–Trinajstić information content (AvgIpc) is 3.06. The van der Waals surface area contributed by atoms with E-state index in [0.29, 0.717) is 0 Å². The van der Waals surface area contributed by atoms with Crippen LogP contribution >= 0.6 is 0 Å². The summed E-state index contributed by atoms with van der Waals surface area (Å²) in [6.07, 6.45) is 8.13. The molecule has 0 radical (unpaired) electrons. The van der Waals surface area contributed by atoms with Crippen molar-refractivity contribution < 1.29 is 41.1 Å². The van der Waals surface area contributed by atoms with E-state index in [4.69, 9.17) is 2.82 Å². The fourth-order valence-electron chi connectivity index (χ4n) is 2.92. The minimum Gasteiger partial charge on any atom is -0.469 e. The van der Waals surface area contributed by atoms with Crippen LogP contribution in [0.2, 0.25) is 2.82 Å². The molecule has 16 heteroatoms. The molecule has 0 unspecified atom stereocenters. The van der Waals surface area contributed by atoms with Gasteiger partial charge in [-0.25, -0.2) is 0 Å². The molecule has 0 aliphatic rings. The number of esters is 2. The number of allylic oxidation sites excluding steroid dienone is 2. The van der Waals surface area contributed by atoms with Gasteiger partial charge in [0.15, 0.2) is 2.82 Å². The van der Waals surface area contributed by atoms with Crippen LogP contribution in [0.5, 0.6) is 0 Å². The molecular weight excluding hydrogens is 576 g/mol. The zero-order valence-electron chi connectivity index (χ0n) is 29.1. The minimum atomic E-state index is -0.931. The first-order valence-electron chi connectivity index (χ1n) is 15.1. The highest BCUT2D eigenvalue weighted by Crippen LogP contribution is 2.00. The summed E-state index contributed by atoms with van der Waals surface area (Å²) in [7, 11) is 5.60. The first-order chi connectivity index (χ1) is 21.9. The van der Waals surface area contributed by atoms with E-state index in [1.54, 1.807) is 56.9 Å². The van der Waals surface area contributed by atoms with E-state index < -0.39 is 59.7 Å². The topological polar surface area (TPSA) is 245 Å². The molecule has 0 heterocycles. The third kappa shape index (κ3) is 23.4. The number of carbonyl (C=O) groups is 6. The van der Waals surface area contributed by atoms with E-state index in [0.717, 1.165) is 0 Å². The van der Waals surface area contributed by atoms with Gasteiger partial charge >= 0.3 is 11.9 Å². The summed E-state index contributed by atoms with van der Waals surface area (Å²) in [5, 5.41) is 16.1. The summed E-state index contributed by atoms with van der Waals surface area (Å²) in [4.78, 5) is 69.6. The number of amides is 4. The van der Waals surface area contributed by atoms with Gasteiger partial charge in [0.25, 0.3) is 0 Å². The Labute approximate surface area is 263 Å². The summed E-state index contributed by atoms with van der Waals surface area (Å²) in [6, 6.07) is -3.28. The van der Waals surface area contributed by atoms with E-state index in [-0.39, 0.29) is 32.4 Å². The molecule has 0 saturated carbocycles. The molecule has 0 bridgehead atoms. The predicted molar refractivity (Wildman–Crippen MR) is 167 cm³/mol. The zero-order valence-corrected chi connectivity index (χ0v) is 27.1. The molecule has 0 aromatic heterocycles. The Balaban J connectivity index is -0.000000740. The lowest BCUT2D eigenvalue weighted by Gasteiger charge is -2.20. The Morgan fingerprint density at radius 3 is 1.48 bits per heavy atom. The maximum Gasteiger partial charge on any atom is 0.307 e. The summed E-state index contributed by atoms with van der Waals surface area (Å²) < 4.78 is 22.8. The van der Waals surface area contributed by atoms with Crippen molar-refractivity contribution in [2.45, 2.75) is 77.5 Å². The number of carbonyl (C=O) groups excluding carboxylic acids is 6. The Kier molecular flexibility index (Phi) is 26.2. The first-order valence-corrected chi connectivity index (χ1v) is 14.1. The quantitative estimate of drug-likeness (QED) is 0.0739. The number of nitrogens with two attached hydrogens (primary N) is 2. The van der Waals surface area contributed by atoms with Crippen LogP contribution in [0.1, 0.15) is 53.4 Å². The highest BCUT2D eigenvalue weighted by Gasteiger charge is 2.25. The van der Waals surface area contributed by atoms with Crippen molar-refractivity contribution in [3.63, 3.8) is 0 Å². The van der Waals surface area contributed by atoms with Gasteiger partial charge < -0.3 is 52.8 Å². The molecule has 0 rings (SSSR count). The number of likely N-dealkylation sites (N-methyl/N-ethyl adjacent to an activating group) is 2. The van der Waals surface area contributed by atoms with Gasteiger partial charge in [-0.05, 0) is 46.8 Å². The molecule has 16 nitrogen and oxygen atoms in total. The Morgan fingerprint density at radius 2 is 1.14 bits per heavy atom. The van der Waals surface area contributed by atoms with E-state index in [2.05, 4.69) is 55.2 Å². The predicted octanol–water partition coefficient (Wildman–Crippen LogP) is -1.73. The van der Waals surface area contributed by atoms with Gasteiger partial charge in [0, 0.05) is 19.5 Å². The zero-order chi connectivity index (χ0) is 35.9. The Bertz CT molecular complexity index is 956. The van der Waals surface area contributed by atoms with Crippen LogP contribution in [-0.4, -0.2) is 101 Å². The number of hydrogen-bond donors (Lipinski definition) is 8. The van der Waals surface area contributed by atoms with Crippen LogP contribution in [0.4, 0.5) is 0 Å². The van der Waals surface area contributed by atoms with Crippen LogP contribution in [0, 0.1) is 0 Å². The van der Waals surface area contributed by atoms with Crippen LogP contribution in [0.25, 0.3) is 0 Å². The fourth-order valence-corrected chi connectivity index (χ4v) is 2.92. The third-order valence-electron chi connectivity index (χ3n) is 5.27. The molecule has 10 N–H and O–H groups in total. The first kappa shape index (κ1) is 39.8. The lowest BCUT2D eigenvalue weighted by atomic mass is 10.1. The maximum atomic E-state index is 12.1. The van der Waals surface area contributed by atoms with Gasteiger partial charge in [0.05, 0.1) is 32.7 Å². The molecule has 254 valence electrons. The summed E-state index contributed by atoms with van der Waals surface area (Å²) in [6.45, 7) is 8.11. The minimum absolute atomic E-state index is 0.0849. The van der Waals surface area contributed by atoms with Crippen molar-refractivity contribution in [2.24, 2.45) is 11.5 Å². The molecule has 4 atom stereocenters. The normalized spacial score (nSPS) is 13.5. The van der Waals surface area contributed by atoms with Crippen molar-refractivity contribution in [3.05, 3.63) is 24.6 Å². The molecule has 0 aliphatic carbocycles. The monoisotopic (exact) mass is 634 g/mol. The number of nitrogens with one attached hydrogen (secondary N) is 6. The van der Waals surface area contributed by atoms with Crippen LogP contribution in [0.15, 0.2) is 24.6 Å². The number of rotatable bonds is 19. The molecular formula is C28H54N8O8. The number of hydrogen-bond acceptors (Lipinski definition) is 12. The van der Waals surface area contributed by atoms with E-state index >= 15 is 0 Å². The molecule has 4 amide bonds. The van der Waals surface area contributed by atoms with E-state index in [1.807, 2.05) is 0 Å². The highest BCUT2D eigenvalue weighted by molar-refractivity contribution is 5.91. The van der Waals surface area contributed by atoms with Gasteiger partial charge in [0.2, 0.25) is 23.6 Å². The van der Waals surface area contributed by atoms with Crippen molar-refractivity contribution in [2.75, 3.05) is 41.4 Å². The second-order valence-electron chi connectivity index (χ2n) is 8.95. The maximum absolute atomic E-state index is 12.1. The standard InChI is InChI=1S/C13H24N4O4.C12H22N4O4.C3H8/c1-4-7-16-8-10(12(14)19)17-13(20)9(15-2)5-6-11(18)21-3;1-4-5-15-7-9(11(13)18)16-12(19)8(14-2)6-10(17)20-3;1-3-2/h4,7,9-10,15-16H,5-6,8H2,1-3H3,(H2,14,19)(H,17,20);4-5,8-9,14-15H,6-7H2,1-3H3,(H2,13,18)(H,16,19);3H2,1-2H3/t9-,10-;8-,9-;/m00./s1/i/hT2. The van der Waals surface area contributed by atoms with Crippen molar-refractivity contribution in [3.8, 4) is 0 Å². The molecule has 44 heavy (non-hydrogen) atoms. The third-order valence-corrected chi connectivity index (χ3v) is 5.27. The highest BCUT2D eigenvalue weighted by atomic mass is 16.5. The molecule has 0 aromatic rings. The number of methoxy groups -OCH3 is 2. The van der Waals surface area contributed by atoms with E-state index in [1.165, 1.54) is 27.7 Å². The van der Waals surface area contributed by atoms with Crippen LogP contribution < -0.4 is 43.4 Å². The van der Waals surface area contributed by atoms with Gasteiger partial charge in [-0.2, -0.15) is 0 Å². The lowest BCUT2D eigenvalue weighted by Crippen LogP contribution is -2.54. The number of primary amides is 2. The van der Waals surface area contributed by atoms with Gasteiger partial charge in [-0.15, -0.1) is 0 Å². The molecule has 0 aromatic carbocycles. The summed E-state index contributed by atoms with van der Waals surface area (Å²) in [5.74, 6) is -3.20. The fraction of sp³-hybridized carbons (Fsp3) is 0.643. The van der Waals surface area contributed by atoms with Crippen molar-refractivity contribution in [1.29, 1.82) is 0 Å². The molecule has 0 saturated heterocycles. The smallest absolute Gasteiger partial charge is 0.307 e. The van der Waals surface area contributed by atoms with Crippen molar-refractivity contribution >= 4 is 35.6 Å². The van der Waals surface area contributed by atoms with Crippen LogP contribution in [0.3, 0.4) is 0 Å². The van der Waals surface area contributed by atoms with Crippen LogP contribution in [-0.2, 0) is 38.2 Å². The van der Waals surface area contributed by atoms with Gasteiger partial charge in [0.1, 0.15) is 12.1 Å². The number of ether oxygens (including phenoxy) is 2. The van der Waals surface area contributed by atoms with E-state index in [9.17, 15) is 28.8 Å². The van der Waals surface area contributed by atoms with Gasteiger partial charge in [-0.3, -0.25) is 28.8 Å². The summed E-state index contributed by atoms with van der Waals surface area (Å²) in [5.41, 5.74) is 3.48. The van der Waals surface area contributed by atoms with Crippen molar-refractivity contribution in [1.82, 2.24) is 31.9 Å². The largest absolute Gasteiger partial charge is 0.469 e. The summed E-state index contributed by atoms with van der Waals surface area (Å²) >= 11 is 0. The SMILES string of the molecule is CCC.[3H]NC(=O)[C@H](CNC=CC)NC(=O)[C@H](CC(=O)OC)NC.[3H]NC(=O)[C@H](CNC=CC)NC(=O)[C@H](CCC(=O)OC)NC. The average molecular weight is 635 g/mol. The second kappa shape index (κ2) is 28.9. The second-order valence-corrected chi connectivity index (χ2v) is 8.95. The Hall–Kier alpha value is -4.18. The molecule has 0 aliphatic heterocycles. The van der Waals surface area contributed by atoms with Gasteiger partial charge in [-0.1, -0.05) is 32.4 Å². The lowest BCUT2D eigenvalue weighted by molar-refractivity contribution is -0.143. The molecule has 0 fully saturated rings.